The van der Waals surface area contributed by atoms with Crippen LogP contribution in [-0.2, 0) is 13.5 Å². The highest BCUT2D eigenvalue weighted by Gasteiger charge is 2.09. The summed E-state index contributed by atoms with van der Waals surface area (Å²) in [5.41, 5.74) is 0.0462. The molecule has 0 atom stereocenters. The fourth-order valence-electron chi connectivity index (χ4n) is 1.81. The molecule has 19 heavy (non-hydrogen) atoms. The van der Waals surface area contributed by atoms with Gasteiger partial charge in [-0.05, 0) is 29.3 Å². The first kappa shape index (κ1) is 12.9. The number of hydrogen-bond donors (Lipinski definition) is 0. The number of rotatable bonds is 4. The first-order valence-electron chi connectivity index (χ1n) is 5.85. The number of hydrogen-bond acceptors (Lipinski definition) is 5. The molecule has 0 saturated carbocycles. The van der Waals surface area contributed by atoms with Crippen molar-refractivity contribution in [2.45, 2.75) is 11.6 Å². The molecular weight excluding hydrogens is 296 g/mol. The maximum atomic E-state index is 12.1. The van der Waals surface area contributed by atoms with Crippen LogP contribution in [0.2, 0.25) is 0 Å². The van der Waals surface area contributed by atoms with Crippen LogP contribution in [0.4, 0.5) is 0 Å². The summed E-state index contributed by atoms with van der Waals surface area (Å²) in [6.45, 7) is 0. The van der Waals surface area contributed by atoms with Crippen molar-refractivity contribution in [1.82, 2.24) is 9.55 Å². The Kier molecular flexibility index (Phi) is 3.72. The van der Waals surface area contributed by atoms with Gasteiger partial charge in [-0.15, -0.1) is 22.7 Å². The third-order valence-corrected chi connectivity index (χ3v) is 5.60. The number of aryl methyl sites for hydroxylation is 1. The molecule has 0 fully saturated rings. The van der Waals surface area contributed by atoms with E-state index in [4.69, 9.17) is 0 Å². The molecule has 0 radical (unpaired) electrons. The van der Waals surface area contributed by atoms with Gasteiger partial charge in [-0.25, -0.2) is 4.98 Å². The fraction of sp³-hybridized carbons (Fsp3) is 0.231. The second-order valence-electron chi connectivity index (χ2n) is 4.08. The lowest BCUT2D eigenvalue weighted by Gasteiger charge is -2.06. The second-order valence-corrected chi connectivity index (χ2v) is 7.06. The van der Waals surface area contributed by atoms with Gasteiger partial charge in [-0.2, -0.15) is 0 Å². The predicted molar refractivity (Wildman–Crippen MR) is 83.6 cm³/mol. The fourth-order valence-corrected chi connectivity index (χ4v) is 4.39. The molecule has 3 aromatic heterocycles. The third-order valence-electron chi connectivity index (χ3n) is 2.82. The molecule has 3 aromatic rings. The lowest BCUT2D eigenvalue weighted by Crippen LogP contribution is -2.19. The van der Waals surface area contributed by atoms with Crippen molar-refractivity contribution in [3.05, 3.63) is 44.2 Å². The quantitative estimate of drug-likeness (QED) is 0.547. The number of thioether (sulfide) groups is 1. The van der Waals surface area contributed by atoms with Crippen molar-refractivity contribution >= 4 is 44.7 Å². The molecule has 0 saturated heterocycles. The van der Waals surface area contributed by atoms with E-state index < -0.39 is 0 Å². The molecule has 3 rings (SSSR count). The Morgan fingerprint density at radius 2 is 2.21 bits per heavy atom. The molecular formula is C13H12N2OS3. The Labute approximate surface area is 122 Å². The van der Waals surface area contributed by atoms with E-state index in [1.54, 1.807) is 34.7 Å². The van der Waals surface area contributed by atoms with Crippen LogP contribution < -0.4 is 5.56 Å². The molecule has 0 amide bonds. The van der Waals surface area contributed by atoms with E-state index in [2.05, 4.69) is 22.5 Å². The Morgan fingerprint density at radius 1 is 1.32 bits per heavy atom. The largest absolute Gasteiger partial charge is 0.290 e. The van der Waals surface area contributed by atoms with Gasteiger partial charge in [0.05, 0.1) is 5.39 Å². The van der Waals surface area contributed by atoms with Crippen LogP contribution in [0.15, 0.2) is 38.9 Å². The summed E-state index contributed by atoms with van der Waals surface area (Å²) >= 11 is 4.93. The normalized spacial score (nSPS) is 11.2. The average Bonchev–Trinajstić information content (AvgIpc) is 3.06. The van der Waals surface area contributed by atoms with Crippen LogP contribution in [0.25, 0.3) is 10.2 Å². The van der Waals surface area contributed by atoms with Gasteiger partial charge in [0.25, 0.3) is 5.56 Å². The van der Waals surface area contributed by atoms with E-state index in [9.17, 15) is 4.79 Å². The zero-order valence-corrected chi connectivity index (χ0v) is 12.8. The van der Waals surface area contributed by atoms with Gasteiger partial charge in [0.1, 0.15) is 4.83 Å². The molecule has 0 aliphatic rings. The monoisotopic (exact) mass is 308 g/mol. The first-order chi connectivity index (χ1) is 9.25. The zero-order valence-electron chi connectivity index (χ0n) is 10.3. The van der Waals surface area contributed by atoms with Crippen LogP contribution in [0.5, 0.6) is 0 Å². The van der Waals surface area contributed by atoms with Gasteiger partial charge in [-0.3, -0.25) is 9.36 Å². The van der Waals surface area contributed by atoms with Gasteiger partial charge in [0.2, 0.25) is 0 Å². The highest BCUT2D eigenvalue weighted by atomic mass is 32.2. The third kappa shape index (κ3) is 2.61. The van der Waals surface area contributed by atoms with Crippen molar-refractivity contribution in [1.29, 1.82) is 0 Å². The minimum Gasteiger partial charge on any atom is -0.290 e. The Bertz CT molecular complexity index is 743. The molecule has 3 heterocycles. The summed E-state index contributed by atoms with van der Waals surface area (Å²) in [6, 6.07) is 6.05. The predicted octanol–water partition coefficient (Wildman–Crippen LogP) is 3.39. The number of nitrogens with zero attached hydrogens (tertiary/aromatic N) is 2. The molecule has 0 aliphatic carbocycles. The van der Waals surface area contributed by atoms with E-state index in [0.717, 1.165) is 27.5 Å². The van der Waals surface area contributed by atoms with Crippen LogP contribution in [-0.4, -0.2) is 15.3 Å². The SMILES string of the molecule is Cn1c(SCCc2cccs2)nc2sccc2c1=O. The van der Waals surface area contributed by atoms with Gasteiger partial charge in [0, 0.05) is 17.7 Å². The molecule has 6 heteroatoms. The molecule has 0 aromatic carbocycles. The first-order valence-corrected chi connectivity index (χ1v) is 8.59. The summed E-state index contributed by atoms with van der Waals surface area (Å²) in [7, 11) is 1.79. The van der Waals surface area contributed by atoms with Crippen molar-refractivity contribution in [3.8, 4) is 0 Å². The minimum atomic E-state index is 0.0462. The van der Waals surface area contributed by atoms with Crippen molar-refractivity contribution in [3.63, 3.8) is 0 Å². The Balaban J connectivity index is 1.80. The van der Waals surface area contributed by atoms with E-state index >= 15 is 0 Å². The zero-order chi connectivity index (χ0) is 13.2. The summed E-state index contributed by atoms with van der Waals surface area (Å²) in [5.74, 6) is 0.942. The number of aromatic nitrogens is 2. The van der Waals surface area contributed by atoms with Crippen molar-refractivity contribution < 1.29 is 0 Å². The average molecular weight is 308 g/mol. The summed E-state index contributed by atoms with van der Waals surface area (Å²) < 4.78 is 1.65. The summed E-state index contributed by atoms with van der Waals surface area (Å²) in [6.07, 6.45) is 1.01. The van der Waals surface area contributed by atoms with Crippen LogP contribution >= 0.6 is 34.4 Å². The molecule has 98 valence electrons. The highest BCUT2D eigenvalue weighted by Crippen LogP contribution is 2.21. The van der Waals surface area contributed by atoms with Crippen molar-refractivity contribution in [2.24, 2.45) is 7.05 Å². The lowest BCUT2D eigenvalue weighted by atomic mass is 10.4. The summed E-state index contributed by atoms with van der Waals surface area (Å²) in [5, 5.41) is 5.52. The maximum absolute atomic E-state index is 12.1. The van der Waals surface area contributed by atoms with Crippen molar-refractivity contribution in [2.75, 3.05) is 5.75 Å². The highest BCUT2D eigenvalue weighted by molar-refractivity contribution is 7.99. The molecule has 0 aliphatic heterocycles. The van der Waals surface area contributed by atoms with E-state index in [1.807, 2.05) is 11.4 Å². The molecule has 0 unspecified atom stereocenters. The molecule has 0 bridgehead atoms. The Morgan fingerprint density at radius 3 is 3.00 bits per heavy atom. The van der Waals surface area contributed by atoms with Crippen LogP contribution in [0.1, 0.15) is 4.88 Å². The molecule has 3 nitrogen and oxygen atoms in total. The van der Waals surface area contributed by atoms with E-state index in [0.29, 0.717) is 0 Å². The lowest BCUT2D eigenvalue weighted by molar-refractivity contribution is 0.728. The van der Waals surface area contributed by atoms with Gasteiger partial charge in [-0.1, -0.05) is 17.8 Å². The van der Waals surface area contributed by atoms with E-state index in [-0.39, 0.29) is 5.56 Å². The van der Waals surface area contributed by atoms with Crippen LogP contribution in [0, 0.1) is 0 Å². The van der Waals surface area contributed by atoms with Crippen LogP contribution in [0.3, 0.4) is 0 Å². The van der Waals surface area contributed by atoms with Gasteiger partial charge < -0.3 is 0 Å². The van der Waals surface area contributed by atoms with Gasteiger partial charge in [0.15, 0.2) is 5.16 Å². The minimum absolute atomic E-state index is 0.0462. The van der Waals surface area contributed by atoms with E-state index in [1.165, 1.54) is 16.2 Å². The number of thiophene rings is 2. The standard InChI is InChI=1S/C13H12N2OS3/c1-15-12(16)10-5-8-18-11(10)14-13(15)19-7-4-9-3-2-6-17-9/h2-3,5-6,8H,4,7H2,1H3. The molecule has 0 N–H and O–H groups in total. The topological polar surface area (TPSA) is 34.9 Å². The van der Waals surface area contributed by atoms with Gasteiger partial charge >= 0.3 is 0 Å². The summed E-state index contributed by atoms with van der Waals surface area (Å²) in [4.78, 5) is 18.9. The second kappa shape index (κ2) is 5.48. The Hall–Kier alpha value is -1.11. The molecule has 0 spiro atoms. The number of fused-ring (bicyclic) bond motifs is 1. The smallest absolute Gasteiger partial charge is 0.262 e. The maximum Gasteiger partial charge on any atom is 0.262 e.